The van der Waals surface area contributed by atoms with Crippen LogP contribution in [0.5, 0.6) is 5.75 Å². The largest absolute Gasteiger partial charge is 0.497 e. The van der Waals surface area contributed by atoms with E-state index in [0.717, 1.165) is 28.6 Å². The summed E-state index contributed by atoms with van der Waals surface area (Å²) < 4.78 is 7.38. The number of fused-ring (bicyclic) bond motifs is 1. The van der Waals surface area contributed by atoms with Crippen LogP contribution in [0.4, 0.5) is 0 Å². The highest BCUT2D eigenvalue weighted by atomic mass is 32.1. The molecule has 0 radical (unpaired) electrons. The van der Waals surface area contributed by atoms with Gasteiger partial charge in [-0.05, 0) is 29.1 Å². The highest BCUT2D eigenvalue weighted by Crippen LogP contribution is 2.31. The lowest BCUT2D eigenvalue weighted by Crippen LogP contribution is -2.41. The number of nitrogens with zero attached hydrogens (tertiary/aromatic N) is 3. The van der Waals surface area contributed by atoms with E-state index in [1.54, 1.807) is 24.6 Å². The molecule has 1 amide bonds. The van der Waals surface area contributed by atoms with Crippen molar-refractivity contribution in [2.24, 2.45) is 0 Å². The number of hydrogen-bond donors (Lipinski definition) is 0. The Morgan fingerprint density at radius 1 is 1.32 bits per heavy atom. The first-order valence-corrected chi connectivity index (χ1v) is 9.08. The predicted molar refractivity (Wildman–Crippen MR) is 96.5 cm³/mol. The van der Waals surface area contributed by atoms with Crippen molar-refractivity contribution in [1.29, 1.82) is 0 Å². The molecule has 0 bridgehead atoms. The average Bonchev–Trinajstić information content (AvgIpc) is 3.31. The van der Waals surface area contributed by atoms with Crippen molar-refractivity contribution < 1.29 is 9.53 Å². The van der Waals surface area contributed by atoms with Crippen molar-refractivity contribution in [3.05, 3.63) is 70.4 Å². The molecule has 128 valence electrons. The maximum atomic E-state index is 13.0. The maximum absolute atomic E-state index is 13.0. The van der Waals surface area contributed by atoms with E-state index in [0.29, 0.717) is 13.0 Å². The number of methoxy groups -OCH3 is 1. The van der Waals surface area contributed by atoms with Crippen molar-refractivity contribution in [2.75, 3.05) is 7.11 Å². The first kappa shape index (κ1) is 15.9. The topological polar surface area (TPSA) is 47.4 Å². The minimum atomic E-state index is 0.0000633. The Labute approximate surface area is 150 Å². The summed E-state index contributed by atoms with van der Waals surface area (Å²) in [6, 6.07) is 12.0. The highest BCUT2D eigenvalue weighted by Gasteiger charge is 2.31. The van der Waals surface area contributed by atoms with Crippen molar-refractivity contribution >= 4 is 17.2 Å². The Balaban J connectivity index is 1.64. The van der Waals surface area contributed by atoms with Crippen LogP contribution in [0.25, 0.3) is 0 Å². The van der Waals surface area contributed by atoms with Crippen molar-refractivity contribution in [2.45, 2.75) is 25.6 Å². The zero-order valence-corrected chi connectivity index (χ0v) is 14.8. The molecule has 1 aromatic carbocycles. The summed E-state index contributed by atoms with van der Waals surface area (Å²) in [5.74, 6) is 1.89. The van der Waals surface area contributed by atoms with Gasteiger partial charge in [0.25, 0.3) is 0 Å². The van der Waals surface area contributed by atoms with Gasteiger partial charge in [0.2, 0.25) is 5.91 Å². The Bertz CT molecular complexity index is 855. The molecule has 0 unspecified atom stereocenters. The number of carbonyl (C=O) groups is 1. The Morgan fingerprint density at radius 2 is 2.16 bits per heavy atom. The third-order valence-electron chi connectivity index (χ3n) is 4.59. The van der Waals surface area contributed by atoms with Crippen LogP contribution >= 0.6 is 11.3 Å². The number of aromatic nitrogens is 2. The highest BCUT2D eigenvalue weighted by molar-refractivity contribution is 7.10. The summed E-state index contributed by atoms with van der Waals surface area (Å²) in [7, 11) is 1.66. The van der Waals surface area contributed by atoms with E-state index in [2.05, 4.69) is 9.55 Å². The first-order chi connectivity index (χ1) is 12.2. The van der Waals surface area contributed by atoms with Gasteiger partial charge in [-0.2, -0.15) is 0 Å². The number of hydrogen-bond acceptors (Lipinski definition) is 4. The van der Waals surface area contributed by atoms with Crippen LogP contribution in [0.2, 0.25) is 0 Å². The number of benzene rings is 1. The molecular formula is C19H19N3O2S. The van der Waals surface area contributed by atoms with Crippen LogP contribution < -0.4 is 4.74 Å². The Kier molecular flexibility index (Phi) is 4.28. The molecular weight excluding hydrogens is 334 g/mol. The molecule has 25 heavy (non-hydrogen) atoms. The number of carbonyl (C=O) groups excluding carboxylic acids is 1. The molecule has 3 aromatic rings. The van der Waals surface area contributed by atoms with Crippen LogP contribution in [0.15, 0.2) is 54.2 Å². The van der Waals surface area contributed by atoms with Gasteiger partial charge in [-0.1, -0.05) is 18.2 Å². The molecule has 0 fully saturated rings. The van der Waals surface area contributed by atoms with Gasteiger partial charge < -0.3 is 14.2 Å². The molecule has 1 atom stereocenters. The van der Waals surface area contributed by atoms with Crippen LogP contribution in [-0.4, -0.2) is 27.5 Å². The third kappa shape index (κ3) is 3.17. The van der Waals surface area contributed by atoms with Gasteiger partial charge in [0, 0.05) is 23.8 Å². The number of rotatable bonds is 4. The molecule has 2 aromatic heterocycles. The summed E-state index contributed by atoms with van der Waals surface area (Å²) in [5, 5.41) is 2.01. The predicted octanol–water partition coefficient (Wildman–Crippen LogP) is 3.28. The van der Waals surface area contributed by atoms with E-state index in [1.165, 1.54) is 0 Å². The van der Waals surface area contributed by atoms with Crippen LogP contribution in [-0.2, 0) is 24.3 Å². The van der Waals surface area contributed by atoms with Crippen molar-refractivity contribution in [3.63, 3.8) is 0 Å². The summed E-state index contributed by atoms with van der Waals surface area (Å²) in [6.07, 6.45) is 4.21. The summed E-state index contributed by atoms with van der Waals surface area (Å²) >= 11 is 1.62. The number of thiophene rings is 1. The lowest BCUT2D eigenvalue weighted by atomic mass is 10.0. The molecule has 0 saturated heterocycles. The fourth-order valence-electron chi connectivity index (χ4n) is 3.24. The maximum Gasteiger partial charge on any atom is 0.228 e. The normalized spacial score (nSPS) is 16.5. The average molecular weight is 353 g/mol. The van der Waals surface area contributed by atoms with Crippen LogP contribution in [0.3, 0.4) is 0 Å². The Hall–Kier alpha value is -2.60. The van der Waals surface area contributed by atoms with E-state index < -0.39 is 0 Å². The van der Waals surface area contributed by atoms with Gasteiger partial charge in [0.15, 0.2) is 0 Å². The molecule has 1 aliphatic heterocycles. The molecule has 1 aliphatic rings. The van der Waals surface area contributed by atoms with E-state index in [-0.39, 0.29) is 11.9 Å². The number of ether oxygens (including phenoxy) is 1. The van der Waals surface area contributed by atoms with E-state index in [9.17, 15) is 4.79 Å². The summed E-state index contributed by atoms with van der Waals surface area (Å²) in [5.41, 5.74) is 1.11. The molecule has 5 nitrogen and oxygen atoms in total. The molecule has 0 N–H and O–H groups in total. The van der Waals surface area contributed by atoms with Crippen LogP contribution in [0, 0.1) is 0 Å². The number of amides is 1. The smallest absolute Gasteiger partial charge is 0.228 e. The van der Waals surface area contributed by atoms with Gasteiger partial charge in [0.05, 0.1) is 26.1 Å². The minimum absolute atomic E-state index is 0.0000633. The molecule has 0 spiro atoms. The lowest BCUT2D eigenvalue weighted by molar-refractivity contribution is -0.135. The molecule has 6 heteroatoms. The van der Waals surface area contributed by atoms with Crippen molar-refractivity contribution in [3.8, 4) is 5.75 Å². The SMILES string of the molecule is COc1ccc([C@@H]2Cn3ccnc3CN2C(=O)Cc2cccs2)cc1. The zero-order chi connectivity index (χ0) is 17.2. The molecule has 3 heterocycles. The van der Waals surface area contributed by atoms with Gasteiger partial charge >= 0.3 is 0 Å². The van der Waals surface area contributed by atoms with E-state index in [4.69, 9.17) is 4.74 Å². The van der Waals surface area contributed by atoms with Gasteiger partial charge in [0.1, 0.15) is 11.6 Å². The number of imidazole rings is 1. The first-order valence-electron chi connectivity index (χ1n) is 8.20. The fourth-order valence-corrected chi connectivity index (χ4v) is 3.94. The van der Waals surface area contributed by atoms with Gasteiger partial charge in [-0.25, -0.2) is 4.98 Å². The van der Waals surface area contributed by atoms with Gasteiger partial charge in [-0.15, -0.1) is 11.3 Å². The van der Waals surface area contributed by atoms with Crippen molar-refractivity contribution in [1.82, 2.24) is 14.5 Å². The van der Waals surface area contributed by atoms with E-state index in [1.807, 2.05) is 52.9 Å². The minimum Gasteiger partial charge on any atom is -0.497 e. The van der Waals surface area contributed by atoms with Crippen LogP contribution in [0.1, 0.15) is 22.3 Å². The van der Waals surface area contributed by atoms with E-state index >= 15 is 0 Å². The Morgan fingerprint density at radius 3 is 2.88 bits per heavy atom. The van der Waals surface area contributed by atoms with Gasteiger partial charge in [-0.3, -0.25) is 4.79 Å². The standard InChI is InChI=1S/C19H19N3O2S/c1-24-15-6-4-14(5-7-15)17-12-21-9-8-20-18(21)13-22(17)19(23)11-16-3-2-10-25-16/h2-10,17H,11-13H2,1H3/t17-/m0/s1. The monoisotopic (exact) mass is 353 g/mol. The third-order valence-corrected chi connectivity index (χ3v) is 5.46. The fraction of sp³-hybridized carbons (Fsp3) is 0.263. The summed E-state index contributed by atoms with van der Waals surface area (Å²) in [6.45, 7) is 1.26. The molecule has 0 aliphatic carbocycles. The molecule has 0 saturated carbocycles. The second kappa shape index (κ2) is 6.72. The molecule has 4 rings (SSSR count). The second-order valence-corrected chi connectivity index (χ2v) is 7.09. The lowest BCUT2D eigenvalue weighted by Gasteiger charge is -2.36. The second-order valence-electron chi connectivity index (χ2n) is 6.06. The quantitative estimate of drug-likeness (QED) is 0.723. The zero-order valence-electron chi connectivity index (χ0n) is 14.0. The summed E-state index contributed by atoms with van der Waals surface area (Å²) in [4.78, 5) is 20.4.